The van der Waals surface area contributed by atoms with E-state index in [-0.39, 0.29) is 5.91 Å². The number of thioether (sulfide) groups is 1. The molecule has 0 atom stereocenters. The van der Waals surface area contributed by atoms with Crippen LogP contribution in [0.15, 0.2) is 64.6 Å². The predicted octanol–water partition coefficient (Wildman–Crippen LogP) is 4.95. The fourth-order valence-electron chi connectivity index (χ4n) is 3.22. The number of aromatic nitrogens is 1. The third kappa shape index (κ3) is 4.73. The number of benzene rings is 2. The monoisotopic (exact) mass is 391 g/mol. The maximum Gasteiger partial charge on any atom is 0.250 e. The van der Waals surface area contributed by atoms with Gasteiger partial charge in [0.2, 0.25) is 5.91 Å². The summed E-state index contributed by atoms with van der Waals surface area (Å²) >= 11 is 1.49. The summed E-state index contributed by atoms with van der Waals surface area (Å²) in [6.07, 6.45) is 1.72. The lowest BCUT2D eigenvalue weighted by Gasteiger charge is -2.13. The second-order valence-electron chi connectivity index (χ2n) is 6.85. The summed E-state index contributed by atoms with van der Waals surface area (Å²) in [6.45, 7) is 8.38. The number of aryl methyl sites for hydroxylation is 3. The lowest BCUT2D eigenvalue weighted by molar-refractivity contribution is -0.118. The third-order valence-electron chi connectivity index (χ3n) is 4.57. The Labute approximate surface area is 170 Å². The second-order valence-corrected chi connectivity index (χ2v) is 7.90. The first-order valence-electron chi connectivity index (χ1n) is 9.22. The number of carbonyl (C=O) groups is 1. The lowest BCUT2D eigenvalue weighted by Crippen LogP contribution is -2.19. The summed E-state index contributed by atoms with van der Waals surface area (Å²) in [5.74, 6) is 0.219. The second kappa shape index (κ2) is 8.93. The molecule has 0 bridgehead atoms. The molecule has 1 heterocycles. The fourth-order valence-corrected chi connectivity index (χ4v) is 3.93. The van der Waals surface area contributed by atoms with Crippen LogP contribution in [0.2, 0.25) is 0 Å². The van der Waals surface area contributed by atoms with Crippen molar-refractivity contribution >= 4 is 23.9 Å². The summed E-state index contributed by atoms with van der Waals surface area (Å²) in [5, 5.41) is 4.15. The molecule has 0 aliphatic carbocycles. The highest BCUT2D eigenvalue weighted by Gasteiger charge is 2.11. The third-order valence-corrected chi connectivity index (χ3v) is 5.58. The van der Waals surface area contributed by atoms with Crippen LogP contribution in [-0.4, -0.2) is 22.4 Å². The predicted molar refractivity (Wildman–Crippen MR) is 118 cm³/mol. The van der Waals surface area contributed by atoms with Crippen LogP contribution in [0, 0.1) is 27.7 Å². The zero-order valence-corrected chi connectivity index (χ0v) is 17.5. The van der Waals surface area contributed by atoms with Gasteiger partial charge in [-0.1, -0.05) is 35.9 Å². The van der Waals surface area contributed by atoms with E-state index in [4.69, 9.17) is 0 Å². The van der Waals surface area contributed by atoms with E-state index in [2.05, 4.69) is 67.1 Å². The lowest BCUT2D eigenvalue weighted by atomic mass is 10.1. The molecule has 5 heteroatoms. The van der Waals surface area contributed by atoms with E-state index >= 15 is 0 Å². The van der Waals surface area contributed by atoms with Gasteiger partial charge in [-0.3, -0.25) is 4.79 Å². The number of nitrogens with one attached hydrogen (secondary N) is 1. The molecule has 1 aromatic heterocycles. The van der Waals surface area contributed by atoms with Crippen molar-refractivity contribution in [1.82, 2.24) is 9.99 Å². The molecule has 0 saturated carbocycles. The van der Waals surface area contributed by atoms with Crippen LogP contribution in [0.4, 0.5) is 0 Å². The number of hydrogen-bond donors (Lipinski definition) is 1. The molecular weight excluding hydrogens is 366 g/mol. The minimum Gasteiger partial charge on any atom is -0.318 e. The van der Waals surface area contributed by atoms with E-state index in [1.807, 2.05) is 30.3 Å². The average Bonchev–Trinajstić information content (AvgIpc) is 2.95. The number of carbonyl (C=O) groups excluding carboxylic acids is 1. The first-order chi connectivity index (χ1) is 13.5. The van der Waals surface area contributed by atoms with Crippen molar-refractivity contribution in [3.63, 3.8) is 0 Å². The highest BCUT2D eigenvalue weighted by atomic mass is 32.2. The minimum atomic E-state index is -0.117. The van der Waals surface area contributed by atoms with Crippen molar-refractivity contribution in [2.75, 3.05) is 5.75 Å². The molecule has 0 fully saturated rings. The number of rotatable bonds is 6. The van der Waals surface area contributed by atoms with E-state index in [9.17, 15) is 4.79 Å². The van der Waals surface area contributed by atoms with Crippen molar-refractivity contribution in [3.05, 3.63) is 82.7 Å². The van der Waals surface area contributed by atoms with E-state index < -0.39 is 0 Å². The SMILES string of the molecule is Cc1ccc(-n2c(C)cc(/C=N/NC(=O)CSc3ccccc3)c2C)c(C)c1. The zero-order chi connectivity index (χ0) is 20.1. The molecule has 3 aromatic rings. The fraction of sp³-hybridized carbons (Fsp3) is 0.217. The zero-order valence-electron chi connectivity index (χ0n) is 16.7. The van der Waals surface area contributed by atoms with Gasteiger partial charge in [-0.05, 0) is 57.5 Å². The topological polar surface area (TPSA) is 46.4 Å². The Morgan fingerprint density at radius 3 is 2.54 bits per heavy atom. The molecule has 3 rings (SSSR count). The normalized spacial score (nSPS) is 11.1. The van der Waals surface area contributed by atoms with Gasteiger partial charge in [-0.2, -0.15) is 5.10 Å². The standard InChI is InChI=1S/C23H25N3OS/c1-16-10-11-22(17(2)12-16)26-18(3)13-20(19(26)4)14-24-25-23(27)15-28-21-8-6-5-7-9-21/h5-14H,15H2,1-4H3,(H,25,27)/b24-14+. The Hall–Kier alpha value is -2.79. The van der Waals surface area contributed by atoms with Gasteiger partial charge in [0, 0.05) is 27.5 Å². The molecular formula is C23H25N3OS. The van der Waals surface area contributed by atoms with Crippen molar-refractivity contribution in [3.8, 4) is 5.69 Å². The van der Waals surface area contributed by atoms with E-state index in [0.29, 0.717) is 5.75 Å². The molecule has 28 heavy (non-hydrogen) atoms. The van der Waals surface area contributed by atoms with Gasteiger partial charge in [0.05, 0.1) is 12.0 Å². The Morgan fingerprint density at radius 1 is 1.07 bits per heavy atom. The Morgan fingerprint density at radius 2 is 1.82 bits per heavy atom. The van der Waals surface area contributed by atoms with Crippen LogP contribution in [0.25, 0.3) is 5.69 Å². The molecule has 1 amide bonds. The molecule has 1 N–H and O–H groups in total. The van der Waals surface area contributed by atoms with Crippen LogP contribution in [0.5, 0.6) is 0 Å². The summed E-state index contributed by atoms with van der Waals surface area (Å²) in [6, 6.07) is 18.4. The van der Waals surface area contributed by atoms with E-state index in [0.717, 1.165) is 21.8 Å². The van der Waals surface area contributed by atoms with Gasteiger partial charge < -0.3 is 4.57 Å². The Balaban J connectivity index is 1.67. The van der Waals surface area contributed by atoms with Crippen molar-refractivity contribution in [1.29, 1.82) is 0 Å². The molecule has 0 saturated heterocycles. The molecule has 0 aliphatic rings. The number of amides is 1. The van der Waals surface area contributed by atoms with Crippen LogP contribution in [0.1, 0.15) is 28.1 Å². The van der Waals surface area contributed by atoms with Crippen molar-refractivity contribution < 1.29 is 4.79 Å². The summed E-state index contributed by atoms with van der Waals surface area (Å²) < 4.78 is 2.23. The molecule has 144 valence electrons. The Kier molecular flexibility index (Phi) is 6.37. The van der Waals surface area contributed by atoms with E-state index in [1.165, 1.54) is 28.6 Å². The van der Waals surface area contributed by atoms with Gasteiger partial charge in [0.1, 0.15) is 0 Å². The number of hydrazone groups is 1. The van der Waals surface area contributed by atoms with Crippen molar-refractivity contribution in [2.45, 2.75) is 32.6 Å². The van der Waals surface area contributed by atoms with Gasteiger partial charge in [0.25, 0.3) is 0 Å². The molecule has 0 radical (unpaired) electrons. The molecule has 0 spiro atoms. The van der Waals surface area contributed by atoms with Gasteiger partial charge in [0.15, 0.2) is 0 Å². The van der Waals surface area contributed by atoms with Gasteiger partial charge in [-0.15, -0.1) is 11.8 Å². The molecule has 0 unspecified atom stereocenters. The average molecular weight is 392 g/mol. The first-order valence-corrected chi connectivity index (χ1v) is 10.2. The smallest absolute Gasteiger partial charge is 0.250 e. The maximum absolute atomic E-state index is 12.0. The quantitative estimate of drug-likeness (QED) is 0.367. The maximum atomic E-state index is 12.0. The highest BCUT2D eigenvalue weighted by Crippen LogP contribution is 2.23. The summed E-state index contributed by atoms with van der Waals surface area (Å²) in [7, 11) is 0. The largest absolute Gasteiger partial charge is 0.318 e. The first kappa shape index (κ1) is 20.0. The van der Waals surface area contributed by atoms with Crippen molar-refractivity contribution in [2.24, 2.45) is 5.10 Å². The highest BCUT2D eigenvalue weighted by molar-refractivity contribution is 8.00. The Bertz CT molecular complexity index is 1010. The number of nitrogens with zero attached hydrogens (tertiary/aromatic N) is 2. The summed E-state index contributed by atoms with van der Waals surface area (Å²) in [4.78, 5) is 13.1. The molecule has 4 nitrogen and oxygen atoms in total. The minimum absolute atomic E-state index is 0.117. The summed E-state index contributed by atoms with van der Waals surface area (Å²) in [5.41, 5.74) is 9.50. The van der Waals surface area contributed by atoms with Crippen LogP contribution >= 0.6 is 11.8 Å². The van der Waals surface area contributed by atoms with Crippen LogP contribution in [-0.2, 0) is 4.79 Å². The number of hydrogen-bond acceptors (Lipinski definition) is 3. The van der Waals surface area contributed by atoms with Gasteiger partial charge >= 0.3 is 0 Å². The van der Waals surface area contributed by atoms with Crippen LogP contribution < -0.4 is 5.43 Å². The van der Waals surface area contributed by atoms with Gasteiger partial charge in [-0.25, -0.2) is 5.43 Å². The molecule has 2 aromatic carbocycles. The molecule has 0 aliphatic heterocycles. The van der Waals surface area contributed by atoms with Crippen LogP contribution in [0.3, 0.4) is 0 Å². The van der Waals surface area contributed by atoms with E-state index in [1.54, 1.807) is 6.21 Å².